The Labute approximate surface area is 109 Å². The molecule has 1 aromatic heterocycles. The first-order chi connectivity index (χ1) is 8.54. The van der Waals surface area contributed by atoms with Gasteiger partial charge in [-0.1, -0.05) is 6.92 Å². The zero-order valence-corrected chi connectivity index (χ0v) is 11.5. The summed E-state index contributed by atoms with van der Waals surface area (Å²) < 4.78 is 2.06. The second kappa shape index (κ2) is 4.93. The molecule has 1 aliphatic rings. The van der Waals surface area contributed by atoms with Crippen molar-refractivity contribution in [2.75, 3.05) is 23.7 Å². The Morgan fingerprint density at radius 1 is 1.39 bits per heavy atom. The molecule has 0 spiro atoms. The Kier molecular flexibility index (Phi) is 3.51. The van der Waals surface area contributed by atoms with Crippen LogP contribution < -0.4 is 10.6 Å². The molecule has 1 aliphatic heterocycles. The molecule has 1 aromatic rings. The highest BCUT2D eigenvalue weighted by Crippen LogP contribution is 2.33. The summed E-state index contributed by atoms with van der Waals surface area (Å²) in [5, 5.41) is 9.20. The molecule has 0 saturated carbocycles. The Morgan fingerprint density at radius 3 is 2.50 bits per heavy atom. The van der Waals surface area contributed by atoms with E-state index in [1.54, 1.807) is 6.07 Å². The van der Waals surface area contributed by atoms with E-state index in [0.29, 0.717) is 5.69 Å². The molecule has 0 radical (unpaired) electrons. The van der Waals surface area contributed by atoms with Crippen LogP contribution in [0.3, 0.4) is 0 Å². The van der Waals surface area contributed by atoms with Crippen LogP contribution in [0.2, 0.25) is 0 Å². The van der Waals surface area contributed by atoms with Crippen LogP contribution in [0, 0.1) is 17.2 Å². The van der Waals surface area contributed by atoms with Crippen molar-refractivity contribution in [1.82, 2.24) is 4.57 Å². The summed E-state index contributed by atoms with van der Waals surface area (Å²) in [6.07, 6.45) is 2.40. The zero-order valence-electron chi connectivity index (χ0n) is 11.5. The molecule has 4 nitrogen and oxygen atoms in total. The third kappa shape index (κ3) is 2.17. The standard InChI is InChI=1S/C14H22N4/c1-10(2)18-12(9-15)8-13(16)14(18)17-6-4-11(3)5-7-17/h8,10-11H,4-7,16H2,1-3H3. The number of nitrogen functional groups attached to an aromatic ring is 1. The fourth-order valence-corrected chi connectivity index (χ4v) is 2.70. The quantitative estimate of drug-likeness (QED) is 0.873. The highest BCUT2D eigenvalue weighted by molar-refractivity contribution is 5.68. The molecule has 0 aromatic carbocycles. The molecule has 0 unspecified atom stereocenters. The highest BCUT2D eigenvalue weighted by atomic mass is 15.3. The van der Waals surface area contributed by atoms with Gasteiger partial charge >= 0.3 is 0 Å². The van der Waals surface area contributed by atoms with E-state index in [4.69, 9.17) is 5.73 Å². The first kappa shape index (κ1) is 12.8. The minimum atomic E-state index is 0.256. The molecule has 98 valence electrons. The number of hydrogen-bond acceptors (Lipinski definition) is 3. The molecular weight excluding hydrogens is 224 g/mol. The number of anilines is 2. The summed E-state index contributed by atoms with van der Waals surface area (Å²) in [5.74, 6) is 1.83. The molecule has 0 atom stereocenters. The maximum atomic E-state index is 9.20. The van der Waals surface area contributed by atoms with E-state index >= 15 is 0 Å². The molecule has 0 aliphatic carbocycles. The highest BCUT2D eigenvalue weighted by Gasteiger charge is 2.24. The lowest BCUT2D eigenvalue weighted by Gasteiger charge is -2.34. The van der Waals surface area contributed by atoms with Gasteiger partial charge in [-0.15, -0.1) is 0 Å². The molecule has 1 saturated heterocycles. The lowest BCUT2D eigenvalue weighted by atomic mass is 9.99. The third-order valence-electron chi connectivity index (χ3n) is 3.75. The van der Waals surface area contributed by atoms with Crippen LogP contribution in [-0.2, 0) is 0 Å². The van der Waals surface area contributed by atoms with Gasteiger partial charge in [0.2, 0.25) is 0 Å². The molecule has 1 fully saturated rings. The monoisotopic (exact) mass is 246 g/mol. The first-order valence-corrected chi connectivity index (χ1v) is 6.70. The molecule has 2 N–H and O–H groups in total. The van der Waals surface area contributed by atoms with Crippen molar-refractivity contribution in [3.05, 3.63) is 11.8 Å². The van der Waals surface area contributed by atoms with Gasteiger partial charge in [-0.05, 0) is 38.7 Å². The maximum absolute atomic E-state index is 9.20. The van der Waals surface area contributed by atoms with Crippen molar-refractivity contribution in [3.63, 3.8) is 0 Å². The largest absolute Gasteiger partial charge is 0.396 e. The lowest BCUT2D eigenvalue weighted by molar-refractivity contribution is 0.430. The van der Waals surface area contributed by atoms with Gasteiger partial charge in [-0.3, -0.25) is 0 Å². The van der Waals surface area contributed by atoms with Gasteiger partial charge in [0.05, 0.1) is 5.69 Å². The number of rotatable bonds is 2. The van der Waals surface area contributed by atoms with Crippen LogP contribution in [-0.4, -0.2) is 17.7 Å². The summed E-state index contributed by atoms with van der Waals surface area (Å²) in [4.78, 5) is 2.33. The van der Waals surface area contributed by atoms with Crippen LogP contribution in [0.1, 0.15) is 45.3 Å². The second-order valence-corrected chi connectivity index (χ2v) is 5.55. The number of nitrogens with zero attached hydrogens (tertiary/aromatic N) is 3. The molecule has 0 amide bonds. The van der Waals surface area contributed by atoms with Crippen molar-refractivity contribution in [1.29, 1.82) is 5.26 Å². The van der Waals surface area contributed by atoms with Crippen LogP contribution in [0.5, 0.6) is 0 Å². The van der Waals surface area contributed by atoms with Gasteiger partial charge in [0.1, 0.15) is 17.6 Å². The van der Waals surface area contributed by atoms with Crippen molar-refractivity contribution in [2.24, 2.45) is 5.92 Å². The Bertz CT molecular complexity index is 459. The van der Waals surface area contributed by atoms with Crippen molar-refractivity contribution >= 4 is 11.5 Å². The molecule has 4 heteroatoms. The van der Waals surface area contributed by atoms with Crippen LogP contribution in [0.25, 0.3) is 0 Å². The van der Waals surface area contributed by atoms with Crippen molar-refractivity contribution in [2.45, 2.75) is 39.7 Å². The van der Waals surface area contributed by atoms with E-state index in [-0.39, 0.29) is 6.04 Å². The van der Waals surface area contributed by atoms with Gasteiger partial charge in [0.15, 0.2) is 0 Å². The minimum absolute atomic E-state index is 0.256. The minimum Gasteiger partial charge on any atom is -0.396 e. The van der Waals surface area contributed by atoms with Gasteiger partial charge in [-0.2, -0.15) is 5.26 Å². The number of hydrogen-bond donors (Lipinski definition) is 1. The van der Waals surface area contributed by atoms with E-state index in [1.165, 1.54) is 12.8 Å². The fraction of sp³-hybridized carbons (Fsp3) is 0.643. The SMILES string of the molecule is CC1CCN(c2c(N)cc(C#N)n2C(C)C)CC1. The predicted octanol–water partition coefficient (Wildman–Crippen LogP) is 2.76. The fourth-order valence-electron chi connectivity index (χ4n) is 2.70. The lowest BCUT2D eigenvalue weighted by Crippen LogP contribution is -2.35. The van der Waals surface area contributed by atoms with E-state index in [2.05, 4.69) is 36.3 Å². The van der Waals surface area contributed by atoms with Gasteiger partial charge in [0.25, 0.3) is 0 Å². The molecular formula is C14H22N4. The second-order valence-electron chi connectivity index (χ2n) is 5.55. The molecule has 0 bridgehead atoms. The van der Waals surface area contributed by atoms with E-state index in [1.807, 2.05) is 0 Å². The number of nitrogens with two attached hydrogens (primary N) is 1. The maximum Gasteiger partial charge on any atom is 0.133 e. The van der Waals surface area contributed by atoms with Gasteiger partial charge in [-0.25, -0.2) is 0 Å². The first-order valence-electron chi connectivity index (χ1n) is 6.70. The predicted molar refractivity (Wildman–Crippen MR) is 74.6 cm³/mol. The Hall–Kier alpha value is -1.63. The van der Waals surface area contributed by atoms with Crippen molar-refractivity contribution < 1.29 is 0 Å². The van der Waals surface area contributed by atoms with Gasteiger partial charge in [0, 0.05) is 19.1 Å². The summed E-state index contributed by atoms with van der Waals surface area (Å²) in [7, 11) is 0. The average Bonchev–Trinajstić information content (AvgIpc) is 2.67. The topological polar surface area (TPSA) is 58.0 Å². The summed E-state index contributed by atoms with van der Waals surface area (Å²) in [6.45, 7) is 8.55. The number of nitriles is 1. The third-order valence-corrected chi connectivity index (χ3v) is 3.75. The van der Waals surface area contributed by atoms with E-state index in [9.17, 15) is 5.26 Å². The summed E-state index contributed by atoms with van der Waals surface area (Å²) >= 11 is 0. The summed E-state index contributed by atoms with van der Waals surface area (Å²) in [5.41, 5.74) is 7.50. The molecule has 18 heavy (non-hydrogen) atoms. The Balaban J connectivity index is 2.38. The van der Waals surface area contributed by atoms with Crippen LogP contribution in [0.4, 0.5) is 11.5 Å². The normalized spacial score (nSPS) is 17.2. The number of aromatic nitrogens is 1. The van der Waals surface area contributed by atoms with Crippen LogP contribution >= 0.6 is 0 Å². The summed E-state index contributed by atoms with van der Waals surface area (Å²) in [6, 6.07) is 4.30. The molecule has 2 heterocycles. The number of piperidine rings is 1. The smallest absolute Gasteiger partial charge is 0.133 e. The zero-order chi connectivity index (χ0) is 13.3. The van der Waals surface area contributed by atoms with Gasteiger partial charge < -0.3 is 15.2 Å². The van der Waals surface area contributed by atoms with Crippen molar-refractivity contribution in [3.8, 4) is 6.07 Å². The Morgan fingerprint density at radius 2 is 2.00 bits per heavy atom. The van der Waals surface area contributed by atoms with E-state index < -0.39 is 0 Å². The van der Waals surface area contributed by atoms with E-state index in [0.717, 1.165) is 30.5 Å². The molecule has 2 rings (SSSR count). The average molecular weight is 246 g/mol. The van der Waals surface area contributed by atoms with Crippen LogP contribution in [0.15, 0.2) is 6.07 Å².